The topological polar surface area (TPSA) is 81.7 Å². The molecule has 13 heavy (non-hydrogen) atoms. The molecule has 6 nitrogen and oxygen atoms in total. The van der Waals surface area contributed by atoms with Crippen molar-refractivity contribution in [1.82, 2.24) is 15.8 Å². The van der Waals surface area contributed by atoms with Gasteiger partial charge in [-0.05, 0) is 13.8 Å². The molecule has 0 spiro atoms. The highest BCUT2D eigenvalue weighted by Crippen LogP contribution is 1.98. The Morgan fingerprint density at radius 1 is 1.23 bits per heavy atom. The molecule has 0 aliphatic heterocycles. The second-order valence-electron chi connectivity index (χ2n) is 3.34. The molecule has 0 saturated heterocycles. The SMILES string of the molecule is CN(C)C(=O)NNC(=O)C(C)(C)O. The lowest BCUT2D eigenvalue weighted by atomic mass is 10.1. The molecule has 0 saturated carbocycles. The summed E-state index contributed by atoms with van der Waals surface area (Å²) in [5.41, 5.74) is 2.69. The molecule has 3 N–H and O–H groups in total. The smallest absolute Gasteiger partial charge is 0.335 e. The van der Waals surface area contributed by atoms with Crippen molar-refractivity contribution in [2.24, 2.45) is 0 Å². The average Bonchev–Trinajstić information content (AvgIpc) is 1.97. The van der Waals surface area contributed by atoms with Gasteiger partial charge < -0.3 is 10.0 Å². The van der Waals surface area contributed by atoms with E-state index in [-0.39, 0.29) is 0 Å². The van der Waals surface area contributed by atoms with E-state index in [1.807, 2.05) is 0 Å². The van der Waals surface area contributed by atoms with Crippen LogP contribution in [0, 0.1) is 0 Å². The summed E-state index contributed by atoms with van der Waals surface area (Å²) in [5, 5.41) is 9.16. The molecule has 0 unspecified atom stereocenters. The zero-order valence-electron chi connectivity index (χ0n) is 8.21. The van der Waals surface area contributed by atoms with Crippen LogP contribution in [-0.4, -0.2) is 41.6 Å². The van der Waals surface area contributed by atoms with E-state index in [0.29, 0.717) is 0 Å². The number of carbonyl (C=O) groups is 2. The summed E-state index contributed by atoms with van der Waals surface area (Å²) in [5.74, 6) is -0.664. The molecule has 0 fully saturated rings. The average molecular weight is 189 g/mol. The second-order valence-corrected chi connectivity index (χ2v) is 3.34. The quantitative estimate of drug-likeness (QED) is 0.466. The highest BCUT2D eigenvalue weighted by atomic mass is 16.3. The Kier molecular flexibility index (Phi) is 3.68. The van der Waals surface area contributed by atoms with Gasteiger partial charge in [0.1, 0.15) is 5.60 Å². The second kappa shape index (κ2) is 4.08. The Morgan fingerprint density at radius 3 is 2.00 bits per heavy atom. The zero-order valence-corrected chi connectivity index (χ0v) is 8.21. The summed E-state index contributed by atoms with van der Waals surface area (Å²) in [7, 11) is 3.07. The number of carbonyl (C=O) groups excluding carboxylic acids is 2. The molecular weight excluding hydrogens is 174 g/mol. The number of nitrogens with one attached hydrogen (secondary N) is 2. The lowest BCUT2D eigenvalue weighted by Gasteiger charge is -2.18. The van der Waals surface area contributed by atoms with Crippen LogP contribution < -0.4 is 10.9 Å². The number of hydrogen-bond acceptors (Lipinski definition) is 3. The third-order valence-corrected chi connectivity index (χ3v) is 1.24. The third kappa shape index (κ3) is 4.32. The summed E-state index contributed by atoms with van der Waals surface area (Å²) in [6.07, 6.45) is 0. The van der Waals surface area contributed by atoms with E-state index in [4.69, 9.17) is 5.11 Å². The summed E-state index contributed by atoms with van der Waals surface area (Å²) >= 11 is 0. The molecule has 0 aromatic carbocycles. The molecule has 6 heteroatoms. The Labute approximate surface area is 76.9 Å². The first-order valence-corrected chi connectivity index (χ1v) is 3.75. The Bertz CT molecular complexity index is 208. The van der Waals surface area contributed by atoms with Crippen LogP contribution in [0.5, 0.6) is 0 Å². The minimum atomic E-state index is -1.50. The van der Waals surface area contributed by atoms with Crippen LogP contribution in [0.4, 0.5) is 4.79 Å². The monoisotopic (exact) mass is 189 g/mol. The van der Waals surface area contributed by atoms with Gasteiger partial charge in [0, 0.05) is 14.1 Å². The maximum atomic E-state index is 11.0. The number of urea groups is 1. The summed E-state index contributed by atoms with van der Waals surface area (Å²) in [6.45, 7) is 2.65. The van der Waals surface area contributed by atoms with Gasteiger partial charge in [-0.3, -0.25) is 10.2 Å². The molecule has 0 aromatic rings. The van der Waals surface area contributed by atoms with E-state index in [2.05, 4.69) is 10.9 Å². The van der Waals surface area contributed by atoms with E-state index in [9.17, 15) is 9.59 Å². The Hall–Kier alpha value is -1.30. The van der Waals surface area contributed by atoms with Crippen molar-refractivity contribution in [3.05, 3.63) is 0 Å². The van der Waals surface area contributed by atoms with Crippen molar-refractivity contribution in [1.29, 1.82) is 0 Å². The molecule has 0 rings (SSSR count). The fourth-order valence-corrected chi connectivity index (χ4v) is 0.375. The third-order valence-electron chi connectivity index (χ3n) is 1.24. The van der Waals surface area contributed by atoms with Gasteiger partial charge >= 0.3 is 6.03 Å². The van der Waals surface area contributed by atoms with Crippen LogP contribution in [0.2, 0.25) is 0 Å². The van der Waals surface area contributed by atoms with E-state index < -0.39 is 17.5 Å². The molecule has 0 radical (unpaired) electrons. The lowest BCUT2D eigenvalue weighted by Crippen LogP contribution is -2.52. The first-order chi connectivity index (χ1) is 5.75. The minimum absolute atomic E-state index is 0.461. The van der Waals surface area contributed by atoms with Crippen LogP contribution in [0.25, 0.3) is 0 Å². The van der Waals surface area contributed by atoms with Gasteiger partial charge in [-0.15, -0.1) is 0 Å². The van der Waals surface area contributed by atoms with E-state index in [1.165, 1.54) is 32.8 Å². The van der Waals surface area contributed by atoms with Crippen LogP contribution in [0.15, 0.2) is 0 Å². The Morgan fingerprint density at radius 2 is 1.69 bits per heavy atom. The molecule has 0 bridgehead atoms. The first kappa shape index (κ1) is 11.7. The normalized spacial score (nSPS) is 10.5. The van der Waals surface area contributed by atoms with Gasteiger partial charge in [0.05, 0.1) is 0 Å². The van der Waals surface area contributed by atoms with Gasteiger partial charge in [-0.1, -0.05) is 0 Å². The van der Waals surface area contributed by atoms with Crippen molar-refractivity contribution in [2.45, 2.75) is 19.4 Å². The van der Waals surface area contributed by atoms with Crippen molar-refractivity contribution in [3.8, 4) is 0 Å². The number of amides is 3. The molecular formula is C7H15N3O3. The lowest BCUT2D eigenvalue weighted by molar-refractivity contribution is -0.137. The molecule has 0 aromatic heterocycles. The maximum Gasteiger partial charge on any atom is 0.335 e. The fraction of sp³-hybridized carbons (Fsp3) is 0.714. The fourth-order valence-electron chi connectivity index (χ4n) is 0.375. The van der Waals surface area contributed by atoms with Crippen LogP contribution in [-0.2, 0) is 4.79 Å². The summed E-state index contributed by atoms with van der Waals surface area (Å²) in [6, 6.07) is -0.461. The number of nitrogens with zero attached hydrogens (tertiary/aromatic N) is 1. The van der Waals surface area contributed by atoms with Crippen LogP contribution >= 0.6 is 0 Å². The first-order valence-electron chi connectivity index (χ1n) is 3.75. The molecule has 76 valence electrons. The van der Waals surface area contributed by atoms with Gasteiger partial charge in [-0.2, -0.15) is 0 Å². The molecule has 0 aliphatic rings. The van der Waals surface area contributed by atoms with Gasteiger partial charge in [0.2, 0.25) is 0 Å². The van der Waals surface area contributed by atoms with Gasteiger partial charge in [0.25, 0.3) is 5.91 Å². The number of rotatable bonds is 1. The summed E-state index contributed by atoms with van der Waals surface area (Å²) in [4.78, 5) is 23.1. The number of aliphatic hydroxyl groups is 1. The van der Waals surface area contributed by atoms with Crippen molar-refractivity contribution in [2.75, 3.05) is 14.1 Å². The minimum Gasteiger partial charge on any atom is -0.381 e. The number of hydrazine groups is 1. The van der Waals surface area contributed by atoms with Gasteiger partial charge in [0.15, 0.2) is 0 Å². The molecule has 0 aliphatic carbocycles. The standard InChI is InChI=1S/C7H15N3O3/c1-7(2,13)5(11)8-9-6(12)10(3)4/h13H,1-4H3,(H,8,11)(H,9,12). The van der Waals surface area contributed by atoms with Crippen LogP contribution in [0.1, 0.15) is 13.8 Å². The molecule has 0 atom stereocenters. The number of hydrogen-bond donors (Lipinski definition) is 3. The van der Waals surface area contributed by atoms with E-state index >= 15 is 0 Å². The molecule has 3 amide bonds. The zero-order chi connectivity index (χ0) is 10.6. The largest absolute Gasteiger partial charge is 0.381 e. The molecule has 0 heterocycles. The Balaban J connectivity index is 3.92. The summed E-state index contributed by atoms with van der Waals surface area (Å²) < 4.78 is 0. The van der Waals surface area contributed by atoms with E-state index in [0.717, 1.165) is 0 Å². The predicted molar refractivity (Wildman–Crippen MR) is 46.7 cm³/mol. The van der Waals surface area contributed by atoms with Crippen molar-refractivity contribution in [3.63, 3.8) is 0 Å². The van der Waals surface area contributed by atoms with E-state index in [1.54, 1.807) is 0 Å². The van der Waals surface area contributed by atoms with Crippen molar-refractivity contribution < 1.29 is 14.7 Å². The predicted octanol–water partition coefficient (Wildman–Crippen LogP) is -0.940. The van der Waals surface area contributed by atoms with Gasteiger partial charge in [-0.25, -0.2) is 10.2 Å². The highest BCUT2D eigenvalue weighted by molar-refractivity contribution is 5.86. The van der Waals surface area contributed by atoms with Crippen molar-refractivity contribution >= 4 is 11.9 Å². The van der Waals surface area contributed by atoms with Crippen LogP contribution in [0.3, 0.4) is 0 Å². The maximum absolute atomic E-state index is 11.0. The highest BCUT2D eigenvalue weighted by Gasteiger charge is 2.23.